The fraction of sp³-hybridized carbons (Fsp3) is 0.455. The Kier molecular flexibility index (Phi) is 2.21. The van der Waals surface area contributed by atoms with E-state index in [4.69, 9.17) is 5.73 Å². The Balaban J connectivity index is 2.30. The highest BCUT2D eigenvalue weighted by molar-refractivity contribution is 5.33. The SMILES string of the molecule is NC1(c2cccc(O)c2)CCC(O)C1. The first-order chi connectivity index (χ1) is 6.60. The van der Waals surface area contributed by atoms with Crippen LogP contribution in [0.4, 0.5) is 0 Å². The van der Waals surface area contributed by atoms with E-state index in [0.29, 0.717) is 6.42 Å². The van der Waals surface area contributed by atoms with E-state index in [1.807, 2.05) is 6.07 Å². The standard InChI is InChI=1S/C11H15NO2/c12-11(5-4-10(14)7-11)8-2-1-3-9(13)6-8/h1-3,6,10,13-14H,4-5,7,12H2. The van der Waals surface area contributed by atoms with Gasteiger partial charge in [0.15, 0.2) is 0 Å². The fourth-order valence-corrected chi connectivity index (χ4v) is 2.13. The molecule has 1 aliphatic carbocycles. The summed E-state index contributed by atoms with van der Waals surface area (Å²) in [6.07, 6.45) is 1.79. The van der Waals surface area contributed by atoms with E-state index in [2.05, 4.69) is 0 Å². The van der Waals surface area contributed by atoms with Gasteiger partial charge in [-0.25, -0.2) is 0 Å². The van der Waals surface area contributed by atoms with Crippen molar-refractivity contribution in [2.24, 2.45) is 5.73 Å². The minimum absolute atomic E-state index is 0.230. The summed E-state index contributed by atoms with van der Waals surface area (Å²) in [5, 5.41) is 18.8. The minimum atomic E-state index is -0.460. The first kappa shape index (κ1) is 9.49. The van der Waals surface area contributed by atoms with Gasteiger partial charge < -0.3 is 15.9 Å². The molecule has 0 radical (unpaired) electrons. The summed E-state index contributed by atoms with van der Waals surface area (Å²) in [6, 6.07) is 6.98. The molecule has 3 heteroatoms. The zero-order valence-electron chi connectivity index (χ0n) is 7.98. The molecule has 2 rings (SSSR count). The first-order valence-electron chi connectivity index (χ1n) is 4.87. The number of rotatable bonds is 1. The van der Waals surface area contributed by atoms with Crippen molar-refractivity contribution in [1.82, 2.24) is 0 Å². The van der Waals surface area contributed by atoms with E-state index in [-0.39, 0.29) is 11.9 Å². The van der Waals surface area contributed by atoms with Crippen LogP contribution in [-0.2, 0) is 5.54 Å². The molecule has 2 unspecified atom stereocenters. The number of phenols is 1. The number of nitrogens with two attached hydrogens (primary N) is 1. The zero-order valence-corrected chi connectivity index (χ0v) is 7.98. The smallest absolute Gasteiger partial charge is 0.115 e. The maximum absolute atomic E-state index is 9.45. The summed E-state index contributed by atoms with van der Waals surface area (Å²) >= 11 is 0. The van der Waals surface area contributed by atoms with E-state index in [1.165, 1.54) is 0 Å². The molecule has 0 bridgehead atoms. The van der Waals surface area contributed by atoms with Crippen molar-refractivity contribution >= 4 is 0 Å². The predicted molar refractivity (Wildman–Crippen MR) is 53.8 cm³/mol. The van der Waals surface area contributed by atoms with Crippen molar-refractivity contribution < 1.29 is 10.2 Å². The highest BCUT2D eigenvalue weighted by Crippen LogP contribution is 2.37. The van der Waals surface area contributed by atoms with Crippen LogP contribution in [0.5, 0.6) is 5.75 Å². The molecular formula is C11H15NO2. The van der Waals surface area contributed by atoms with Gasteiger partial charge >= 0.3 is 0 Å². The Morgan fingerprint density at radius 1 is 1.43 bits per heavy atom. The van der Waals surface area contributed by atoms with Crippen LogP contribution in [-0.4, -0.2) is 16.3 Å². The molecule has 0 aromatic heterocycles. The van der Waals surface area contributed by atoms with E-state index in [1.54, 1.807) is 18.2 Å². The van der Waals surface area contributed by atoms with Gasteiger partial charge in [-0.2, -0.15) is 0 Å². The molecule has 76 valence electrons. The fourth-order valence-electron chi connectivity index (χ4n) is 2.13. The van der Waals surface area contributed by atoms with Crippen molar-refractivity contribution in [3.63, 3.8) is 0 Å². The lowest BCUT2D eigenvalue weighted by Crippen LogP contribution is -2.34. The monoisotopic (exact) mass is 193 g/mol. The van der Waals surface area contributed by atoms with Crippen molar-refractivity contribution in [1.29, 1.82) is 0 Å². The minimum Gasteiger partial charge on any atom is -0.508 e. The number of benzene rings is 1. The van der Waals surface area contributed by atoms with Gasteiger partial charge in [0.25, 0.3) is 0 Å². The van der Waals surface area contributed by atoms with Crippen molar-refractivity contribution in [2.75, 3.05) is 0 Å². The third-order valence-corrected chi connectivity index (χ3v) is 2.94. The van der Waals surface area contributed by atoms with Crippen LogP contribution >= 0.6 is 0 Å². The first-order valence-corrected chi connectivity index (χ1v) is 4.87. The van der Waals surface area contributed by atoms with Gasteiger partial charge in [-0.1, -0.05) is 12.1 Å². The Morgan fingerprint density at radius 2 is 2.21 bits per heavy atom. The van der Waals surface area contributed by atoms with E-state index in [0.717, 1.165) is 18.4 Å². The molecule has 1 aliphatic rings. The van der Waals surface area contributed by atoms with Crippen LogP contribution in [0.15, 0.2) is 24.3 Å². The molecule has 0 spiro atoms. The maximum atomic E-state index is 9.45. The maximum Gasteiger partial charge on any atom is 0.115 e. The van der Waals surface area contributed by atoms with E-state index in [9.17, 15) is 10.2 Å². The van der Waals surface area contributed by atoms with Crippen LogP contribution in [0.25, 0.3) is 0 Å². The largest absolute Gasteiger partial charge is 0.508 e. The predicted octanol–water partition coefficient (Wildman–Crippen LogP) is 1.09. The second kappa shape index (κ2) is 3.26. The van der Waals surface area contributed by atoms with Crippen LogP contribution in [0.1, 0.15) is 24.8 Å². The summed E-state index contributed by atoms with van der Waals surface area (Å²) in [6.45, 7) is 0. The number of hydrogen-bond donors (Lipinski definition) is 3. The van der Waals surface area contributed by atoms with Crippen molar-refractivity contribution in [2.45, 2.75) is 30.9 Å². The zero-order chi connectivity index (χ0) is 10.2. The quantitative estimate of drug-likeness (QED) is 0.625. The van der Waals surface area contributed by atoms with E-state index < -0.39 is 5.54 Å². The van der Waals surface area contributed by atoms with Crippen LogP contribution < -0.4 is 5.73 Å². The molecule has 1 fully saturated rings. The molecule has 2 atom stereocenters. The lowest BCUT2D eigenvalue weighted by atomic mass is 9.89. The molecule has 1 aromatic rings. The highest BCUT2D eigenvalue weighted by Gasteiger charge is 2.36. The van der Waals surface area contributed by atoms with Gasteiger partial charge in [-0.15, -0.1) is 0 Å². The highest BCUT2D eigenvalue weighted by atomic mass is 16.3. The number of aliphatic hydroxyl groups is 1. The van der Waals surface area contributed by atoms with E-state index >= 15 is 0 Å². The molecule has 1 aromatic carbocycles. The normalized spacial score (nSPS) is 32.0. The molecule has 3 nitrogen and oxygen atoms in total. The molecular weight excluding hydrogens is 178 g/mol. The Bertz CT molecular complexity index is 340. The lowest BCUT2D eigenvalue weighted by Gasteiger charge is -2.24. The summed E-state index contributed by atoms with van der Waals surface area (Å²) in [4.78, 5) is 0. The molecule has 0 saturated heterocycles. The summed E-state index contributed by atoms with van der Waals surface area (Å²) in [5.41, 5.74) is 6.62. The topological polar surface area (TPSA) is 66.5 Å². The van der Waals surface area contributed by atoms with Gasteiger partial charge in [-0.05, 0) is 37.0 Å². The molecule has 14 heavy (non-hydrogen) atoms. The van der Waals surface area contributed by atoms with Crippen LogP contribution in [0, 0.1) is 0 Å². The Labute approximate surface area is 83.2 Å². The second-order valence-electron chi connectivity index (χ2n) is 4.10. The third kappa shape index (κ3) is 1.61. The molecule has 0 aliphatic heterocycles. The number of phenolic OH excluding ortho intramolecular Hbond substituents is 1. The average molecular weight is 193 g/mol. The summed E-state index contributed by atoms with van der Waals surface area (Å²) < 4.78 is 0. The average Bonchev–Trinajstić information content (AvgIpc) is 2.48. The molecule has 1 saturated carbocycles. The van der Waals surface area contributed by atoms with Gasteiger partial charge in [0.2, 0.25) is 0 Å². The number of hydrogen-bond acceptors (Lipinski definition) is 3. The lowest BCUT2D eigenvalue weighted by molar-refractivity contribution is 0.174. The van der Waals surface area contributed by atoms with Gasteiger partial charge in [0.1, 0.15) is 5.75 Å². The van der Waals surface area contributed by atoms with Crippen LogP contribution in [0.3, 0.4) is 0 Å². The number of aromatic hydroxyl groups is 1. The van der Waals surface area contributed by atoms with Crippen molar-refractivity contribution in [3.05, 3.63) is 29.8 Å². The Morgan fingerprint density at radius 3 is 2.79 bits per heavy atom. The van der Waals surface area contributed by atoms with Crippen LogP contribution in [0.2, 0.25) is 0 Å². The molecule has 0 heterocycles. The van der Waals surface area contributed by atoms with Gasteiger partial charge in [0, 0.05) is 5.54 Å². The summed E-state index contributed by atoms with van der Waals surface area (Å²) in [7, 11) is 0. The summed E-state index contributed by atoms with van der Waals surface area (Å²) in [5.74, 6) is 0.230. The number of aliphatic hydroxyl groups excluding tert-OH is 1. The molecule has 0 amide bonds. The molecule has 4 N–H and O–H groups in total. The third-order valence-electron chi connectivity index (χ3n) is 2.94. The van der Waals surface area contributed by atoms with Gasteiger partial charge in [0.05, 0.1) is 6.10 Å². The Hall–Kier alpha value is -1.06. The van der Waals surface area contributed by atoms with Gasteiger partial charge in [-0.3, -0.25) is 0 Å². The second-order valence-corrected chi connectivity index (χ2v) is 4.10. The van der Waals surface area contributed by atoms with Crippen molar-refractivity contribution in [3.8, 4) is 5.75 Å².